The zero-order chi connectivity index (χ0) is 23.4. The zero-order valence-corrected chi connectivity index (χ0v) is 18.2. The van der Waals surface area contributed by atoms with Gasteiger partial charge in [0.05, 0.1) is 24.0 Å². The molecule has 9 heteroatoms. The fraction of sp³-hybridized carbons (Fsp3) is 0.208. The number of ether oxygens (including phenoxy) is 1. The molecule has 2 heterocycles. The Hall–Kier alpha value is -4.14. The van der Waals surface area contributed by atoms with E-state index >= 15 is 0 Å². The average Bonchev–Trinajstić information content (AvgIpc) is 3.21. The molecule has 1 amide bonds. The standard InChI is InChI=1S/C24H24FN5O3/c1-15(27-24(31)32)14-33-20-8-6-17(7-9-20)21-13-26-23-11-10-22(29-30(21)23)28-16(2)18-4-3-5-19(25)12-18/h3-13,15-16,27H,14H2,1-2H3,(H,28,29)(H,31,32). The highest BCUT2D eigenvalue weighted by atomic mass is 19.1. The predicted molar refractivity (Wildman–Crippen MR) is 123 cm³/mol. The molecule has 2 unspecified atom stereocenters. The molecule has 0 aliphatic heterocycles. The maximum absolute atomic E-state index is 13.5. The summed E-state index contributed by atoms with van der Waals surface area (Å²) in [6.07, 6.45) is 0.664. The van der Waals surface area contributed by atoms with Crippen molar-refractivity contribution in [1.82, 2.24) is 19.9 Å². The Balaban J connectivity index is 1.49. The quantitative estimate of drug-likeness (QED) is 0.359. The van der Waals surface area contributed by atoms with Crippen molar-refractivity contribution in [3.8, 4) is 17.0 Å². The number of nitrogens with zero attached hydrogens (tertiary/aromatic N) is 3. The van der Waals surface area contributed by atoms with E-state index in [-0.39, 0.29) is 24.5 Å². The van der Waals surface area contributed by atoms with Crippen molar-refractivity contribution in [1.29, 1.82) is 0 Å². The van der Waals surface area contributed by atoms with E-state index in [1.165, 1.54) is 12.1 Å². The maximum Gasteiger partial charge on any atom is 0.404 e. The van der Waals surface area contributed by atoms with Gasteiger partial charge in [-0.15, -0.1) is 5.10 Å². The fourth-order valence-corrected chi connectivity index (χ4v) is 3.42. The van der Waals surface area contributed by atoms with Gasteiger partial charge in [0.1, 0.15) is 24.0 Å². The number of nitrogens with one attached hydrogen (secondary N) is 2. The SMILES string of the molecule is CC(COc1ccc(-c2cnc3ccc(NC(C)c4cccc(F)c4)nn23)cc1)NC(=O)O. The van der Waals surface area contributed by atoms with Gasteiger partial charge in [-0.2, -0.15) is 0 Å². The molecule has 0 aliphatic carbocycles. The molecule has 33 heavy (non-hydrogen) atoms. The number of hydrogen-bond donors (Lipinski definition) is 3. The number of halogens is 1. The largest absolute Gasteiger partial charge is 0.491 e. The summed E-state index contributed by atoms with van der Waals surface area (Å²) in [5.74, 6) is 0.991. The van der Waals surface area contributed by atoms with Gasteiger partial charge >= 0.3 is 6.09 Å². The minimum absolute atomic E-state index is 0.132. The van der Waals surface area contributed by atoms with Crippen LogP contribution in [0, 0.1) is 5.82 Å². The van der Waals surface area contributed by atoms with Crippen molar-refractivity contribution in [2.45, 2.75) is 25.9 Å². The summed E-state index contributed by atoms with van der Waals surface area (Å²) in [7, 11) is 0. The molecular formula is C24H24FN5O3. The predicted octanol–water partition coefficient (Wildman–Crippen LogP) is 4.74. The first-order chi connectivity index (χ1) is 15.9. The summed E-state index contributed by atoms with van der Waals surface area (Å²) in [6.45, 7) is 3.90. The van der Waals surface area contributed by atoms with Crippen LogP contribution in [0.15, 0.2) is 66.9 Å². The van der Waals surface area contributed by atoms with Crippen LogP contribution in [0.4, 0.5) is 15.0 Å². The highest BCUT2D eigenvalue weighted by molar-refractivity contribution is 5.65. The molecular weight excluding hydrogens is 425 g/mol. The summed E-state index contributed by atoms with van der Waals surface area (Å²) < 4.78 is 20.9. The van der Waals surface area contributed by atoms with Crippen LogP contribution in [0.5, 0.6) is 5.75 Å². The average molecular weight is 449 g/mol. The van der Waals surface area contributed by atoms with E-state index in [4.69, 9.17) is 9.84 Å². The lowest BCUT2D eigenvalue weighted by Gasteiger charge is -2.15. The van der Waals surface area contributed by atoms with Gasteiger partial charge in [0, 0.05) is 5.56 Å². The van der Waals surface area contributed by atoms with Gasteiger partial charge < -0.3 is 20.5 Å². The Morgan fingerprint density at radius 1 is 1.15 bits per heavy atom. The second-order valence-corrected chi connectivity index (χ2v) is 7.74. The first kappa shape index (κ1) is 22.1. The first-order valence-electron chi connectivity index (χ1n) is 10.5. The zero-order valence-electron chi connectivity index (χ0n) is 18.2. The summed E-state index contributed by atoms with van der Waals surface area (Å²) in [6, 6.07) is 17.1. The summed E-state index contributed by atoms with van der Waals surface area (Å²) in [4.78, 5) is 15.1. The summed E-state index contributed by atoms with van der Waals surface area (Å²) >= 11 is 0. The lowest BCUT2D eigenvalue weighted by Crippen LogP contribution is -2.35. The number of carboxylic acid groups (broad SMARTS) is 1. The third-order valence-electron chi connectivity index (χ3n) is 5.10. The second kappa shape index (κ2) is 9.56. The Morgan fingerprint density at radius 3 is 2.67 bits per heavy atom. The fourth-order valence-electron chi connectivity index (χ4n) is 3.42. The van der Waals surface area contributed by atoms with Crippen LogP contribution in [0.25, 0.3) is 16.9 Å². The second-order valence-electron chi connectivity index (χ2n) is 7.74. The number of amides is 1. The highest BCUT2D eigenvalue weighted by Gasteiger charge is 2.12. The number of rotatable bonds is 8. The Morgan fingerprint density at radius 2 is 1.94 bits per heavy atom. The molecule has 0 radical (unpaired) electrons. The smallest absolute Gasteiger partial charge is 0.404 e. The van der Waals surface area contributed by atoms with Crippen molar-refractivity contribution in [2.24, 2.45) is 0 Å². The van der Waals surface area contributed by atoms with E-state index < -0.39 is 6.09 Å². The number of carbonyl (C=O) groups is 1. The molecule has 2 atom stereocenters. The van der Waals surface area contributed by atoms with Crippen LogP contribution < -0.4 is 15.4 Å². The van der Waals surface area contributed by atoms with Gasteiger partial charge in [-0.05, 0) is 67.9 Å². The van der Waals surface area contributed by atoms with Crippen LogP contribution in [0.2, 0.25) is 0 Å². The number of benzene rings is 2. The molecule has 0 bridgehead atoms. The van der Waals surface area contributed by atoms with Crippen LogP contribution in [-0.2, 0) is 0 Å². The number of hydrogen-bond acceptors (Lipinski definition) is 5. The van der Waals surface area contributed by atoms with Gasteiger partial charge in [-0.3, -0.25) is 0 Å². The highest BCUT2D eigenvalue weighted by Crippen LogP contribution is 2.25. The summed E-state index contributed by atoms with van der Waals surface area (Å²) in [5, 5.41) is 19.1. The van der Waals surface area contributed by atoms with Crippen molar-refractivity contribution in [3.05, 3.63) is 78.2 Å². The van der Waals surface area contributed by atoms with E-state index in [9.17, 15) is 9.18 Å². The van der Waals surface area contributed by atoms with Gasteiger partial charge in [0.25, 0.3) is 0 Å². The molecule has 0 aliphatic rings. The molecule has 8 nitrogen and oxygen atoms in total. The third-order valence-corrected chi connectivity index (χ3v) is 5.10. The molecule has 0 fully saturated rings. The molecule has 2 aromatic carbocycles. The Bertz CT molecular complexity index is 1260. The molecule has 4 rings (SSSR count). The third kappa shape index (κ3) is 5.38. The summed E-state index contributed by atoms with van der Waals surface area (Å²) in [5.41, 5.74) is 3.22. The van der Waals surface area contributed by atoms with E-state index in [0.717, 1.165) is 16.8 Å². The Labute approximate surface area is 190 Å². The van der Waals surface area contributed by atoms with Gasteiger partial charge in [0.2, 0.25) is 0 Å². The normalized spacial score (nSPS) is 12.8. The molecule has 4 aromatic rings. The first-order valence-corrected chi connectivity index (χ1v) is 10.5. The Kier molecular flexibility index (Phi) is 6.39. The minimum atomic E-state index is -1.08. The van der Waals surface area contributed by atoms with E-state index in [2.05, 4.69) is 20.7 Å². The van der Waals surface area contributed by atoms with Crippen molar-refractivity contribution in [3.63, 3.8) is 0 Å². The van der Waals surface area contributed by atoms with Crippen molar-refractivity contribution >= 4 is 17.6 Å². The van der Waals surface area contributed by atoms with Gasteiger partial charge in [0.15, 0.2) is 5.65 Å². The van der Waals surface area contributed by atoms with Gasteiger partial charge in [-0.25, -0.2) is 18.7 Å². The van der Waals surface area contributed by atoms with E-state index in [0.29, 0.717) is 17.2 Å². The van der Waals surface area contributed by atoms with E-state index in [1.807, 2.05) is 49.4 Å². The van der Waals surface area contributed by atoms with Crippen LogP contribution in [0.1, 0.15) is 25.5 Å². The number of imidazole rings is 1. The molecule has 170 valence electrons. The molecule has 0 spiro atoms. The van der Waals surface area contributed by atoms with E-state index in [1.54, 1.807) is 23.7 Å². The van der Waals surface area contributed by atoms with Crippen LogP contribution >= 0.6 is 0 Å². The topological polar surface area (TPSA) is 101 Å². The molecule has 2 aromatic heterocycles. The molecule has 0 saturated carbocycles. The lowest BCUT2D eigenvalue weighted by atomic mass is 10.1. The van der Waals surface area contributed by atoms with Crippen LogP contribution in [0.3, 0.4) is 0 Å². The van der Waals surface area contributed by atoms with Crippen molar-refractivity contribution in [2.75, 3.05) is 11.9 Å². The number of aromatic nitrogens is 3. The van der Waals surface area contributed by atoms with Crippen LogP contribution in [-0.4, -0.2) is 38.4 Å². The van der Waals surface area contributed by atoms with Gasteiger partial charge in [-0.1, -0.05) is 12.1 Å². The maximum atomic E-state index is 13.5. The van der Waals surface area contributed by atoms with Crippen molar-refractivity contribution < 1.29 is 19.0 Å². The molecule has 0 saturated heterocycles. The number of anilines is 1. The molecule has 3 N–H and O–H groups in total. The monoisotopic (exact) mass is 449 g/mol. The lowest BCUT2D eigenvalue weighted by molar-refractivity contribution is 0.183. The number of fused-ring (bicyclic) bond motifs is 1. The minimum Gasteiger partial charge on any atom is -0.491 e.